The number of tetrazole rings is 1. The van der Waals surface area contributed by atoms with E-state index in [2.05, 4.69) is 33.0 Å². The highest BCUT2D eigenvalue weighted by atomic mass is 32.1. The Morgan fingerprint density at radius 1 is 1.28 bits per heavy atom. The highest BCUT2D eigenvalue weighted by Crippen LogP contribution is 2.43. The maximum atomic E-state index is 13.1. The maximum Gasteiger partial charge on any atom is 0.254 e. The lowest BCUT2D eigenvalue weighted by atomic mass is 9.93. The molecule has 0 spiro atoms. The molecule has 0 saturated heterocycles. The molecule has 2 bridgehead atoms. The van der Waals surface area contributed by atoms with Crippen molar-refractivity contribution in [2.75, 3.05) is 6.54 Å². The zero-order valence-electron chi connectivity index (χ0n) is 14.0. The Kier molecular flexibility index (Phi) is 3.69. The van der Waals surface area contributed by atoms with E-state index in [-0.39, 0.29) is 5.91 Å². The number of aryl methyl sites for hydroxylation is 1. The van der Waals surface area contributed by atoms with Gasteiger partial charge in [-0.15, -0.1) is 16.4 Å². The van der Waals surface area contributed by atoms with Crippen molar-refractivity contribution in [3.8, 4) is 5.00 Å². The predicted octanol–water partition coefficient (Wildman–Crippen LogP) is 2.54. The second-order valence-corrected chi connectivity index (χ2v) is 8.48. The van der Waals surface area contributed by atoms with Crippen molar-refractivity contribution in [1.29, 1.82) is 0 Å². The van der Waals surface area contributed by atoms with Crippen LogP contribution in [0, 0.1) is 17.8 Å². The van der Waals surface area contributed by atoms with Gasteiger partial charge in [0.25, 0.3) is 5.91 Å². The number of hydrogen-bond donors (Lipinski definition) is 1. The van der Waals surface area contributed by atoms with Crippen molar-refractivity contribution in [2.24, 2.45) is 17.8 Å². The molecule has 2 aromatic heterocycles. The van der Waals surface area contributed by atoms with Crippen LogP contribution in [0.25, 0.3) is 5.00 Å². The van der Waals surface area contributed by atoms with Crippen LogP contribution in [0.15, 0.2) is 18.5 Å². The van der Waals surface area contributed by atoms with E-state index >= 15 is 0 Å². The summed E-state index contributed by atoms with van der Waals surface area (Å²) in [6.07, 6.45) is 13.1. The van der Waals surface area contributed by atoms with E-state index in [0.717, 1.165) is 42.3 Å². The van der Waals surface area contributed by atoms with Crippen molar-refractivity contribution in [2.45, 2.75) is 38.5 Å². The van der Waals surface area contributed by atoms with Gasteiger partial charge in [-0.05, 0) is 72.3 Å². The minimum absolute atomic E-state index is 0.0386. The van der Waals surface area contributed by atoms with Gasteiger partial charge in [-0.2, -0.15) is 4.68 Å². The molecule has 0 aliphatic heterocycles. The minimum atomic E-state index is 0.0386. The molecule has 1 amide bonds. The van der Waals surface area contributed by atoms with Crippen LogP contribution in [-0.2, 0) is 12.8 Å². The molecule has 7 heteroatoms. The van der Waals surface area contributed by atoms with E-state index in [1.54, 1.807) is 22.3 Å². The summed E-state index contributed by atoms with van der Waals surface area (Å²) < 4.78 is 1.64. The number of carbonyl (C=O) groups excluding carboxylic acids is 1. The summed E-state index contributed by atoms with van der Waals surface area (Å²) >= 11 is 1.67. The number of fused-ring (bicyclic) bond motifs is 3. The number of thiophene rings is 1. The normalized spacial score (nSPS) is 26.8. The molecule has 0 aromatic carbocycles. The summed E-state index contributed by atoms with van der Waals surface area (Å²) in [4.78, 5) is 14.4. The Labute approximate surface area is 150 Å². The summed E-state index contributed by atoms with van der Waals surface area (Å²) in [6, 6.07) is 0. The zero-order valence-corrected chi connectivity index (χ0v) is 14.8. The third-order valence-electron chi connectivity index (χ3n) is 5.88. The molecule has 0 unspecified atom stereocenters. The molecule has 5 rings (SSSR count). The van der Waals surface area contributed by atoms with Crippen LogP contribution in [0.2, 0.25) is 0 Å². The number of nitrogens with one attached hydrogen (secondary N) is 1. The Balaban J connectivity index is 1.41. The van der Waals surface area contributed by atoms with Crippen LogP contribution in [0.3, 0.4) is 0 Å². The zero-order chi connectivity index (χ0) is 16.8. The molecule has 1 fully saturated rings. The van der Waals surface area contributed by atoms with Crippen LogP contribution in [-0.4, -0.2) is 32.7 Å². The molecule has 1 N–H and O–H groups in total. The first-order chi connectivity index (χ1) is 12.3. The van der Waals surface area contributed by atoms with Crippen LogP contribution in [0.4, 0.5) is 0 Å². The molecular formula is C18H21N5OS. The standard InChI is InChI=1S/C18H21N5OS/c24-17(19-9-13-8-11-5-6-12(13)7-11)16-14-3-1-2-4-15(14)25-18(16)23-10-20-21-22-23/h5-6,10-13H,1-4,7-9H2,(H,19,24)/t11-,12+,13+/m1/s1. The van der Waals surface area contributed by atoms with Gasteiger partial charge in [-0.1, -0.05) is 12.2 Å². The first-order valence-corrected chi connectivity index (χ1v) is 9.95. The summed E-state index contributed by atoms with van der Waals surface area (Å²) in [6.45, 7) is 0.768. The van der Waals surface area contributed by atoms with E-state index in [9.17, 15) is 4.79 Å². The van der Waals surface area contributed by atoms with Gasteiger partial charge in [0.1, 0.15) is 11.3 Å². The van der Waals surface area contributed by atoms with E-state index < -0.39 is 0 Å². The quantitative estimate of drug-likeness (QED) is 0.856. The highest BCUT2D eigenvalue weighted by Gasteiger charge is 2.36. The van der Waals surface area contributed by atoms with E-state index in [0.29, 0.717) is 11.8 Å². The first-order valence-electron chi connectivity index (χ1n) is 9.14. The molecule has 25 heavy (non-hydrogen) atoms. The number of amides is 1. The Morgan fingerprint density at radius 2 is 2.20 bits per heavy atom. The Bertz CT molecular complexity index is 825. The molecule has 2 aromatic rings. The fourth-order valence-electron chi connectivity index (χ4n) is 4.64. The van der Waals surface area contributed by atoms with Crippen LogP contribution >= 0.6 is 11.3 Å². The summed E-state index contributed by atoms with van der Waals surface area (Å²) in [5, 5.41) is 15.6. The molecule has 6 nitrogen and oxygen atoms in total. The van der Waals surface area contributed by atoms with Gasteiger partial charge in [0.2, 0.25) is 0 Å². The van der Waals surface area contributed by atoms with Gasteiger partial charge >= 0.3 is 0 Å². The molecule has 3 aliphatic rings. The monoisotopic (exact) mass is 355 g/mol. The molecule has 3 aliphatic carbocycles. The van der Waals surface area contributed by atoms with Crippen molar-refractivity contribution < 1.29 is 4.79 Å². The van der Waals surface area contributed by atoms with E-state index in [1.165, 1.54) is 29.7 Å². The van der Waals surface area contributed by atoms with Crippen molar-refractivity contribution in [1.82, 2.24) is 25.5 Å². The number of nitrogens with zero attached hydrogens (tertiary/aromatic N) is 4. The fraction of sp³-hybridized carbons (Fsp3) is 0.556. The smallest absolute Gasteiger partial charge is 0.254 e. The van der Waals surface area contributed by atoms with Crippen LogP contribution in [0.1, 0.15) is 46.5 Å². The van der Waals surface area contributed by atoms with Gasteiger partial charge in [0.15, 0.2) is 0 Å². The van der Waals surface area contributed by atoms with Gasteiger partial charge in [-0.3, -0.25) is 4.79 Å². The SMILES string of the molecule is O=C(NC[C@@H]1C[C@@H]2C=C[C@H]1C2)c1c(-n2cnnn2)sc2c1CCCC2. The number of hydrogen-bond acceptors (Lipinski definition) is 5. The third kappa shape index (κ3) is 2.61. The number of carbonyl (C=O) groups is 1. The third-order valence-corrected chi connectivity index (χ3v) is 7.16. The lowest BCUT2D eigenvalue weighted by molar-refractivity contribution is 0.0944. The molecule has 0 radical (unpaired) electrons. The van der Waals surface area contributed by atoms with Crippen molar-refractivity contribution >= 4 is 17.2 Å². The molecule has 1 saturated carbocycles. The number of rotatable bonds is 4. The van der Waals surface area contributed by atoms with Crippen molar-refractivity contribution in [3.63, 3.8) is 0 Å². The van der Waals surface area contributed by atoms with Gasteiger partial charge in [0, 0.05) is 11.4 Å². The van der Waals surface area contributed by atoms with E-state index in [4.69, 9.17) is 0 Å². The van der Waals surface area contributed by atoms with Gasteiger partial charge in [-0.25, -0.2) is 0 Å². The van der Waals surface area contributed by atoms with Crippen molar-refractivity contribution in [3.05, 3.63) is 34.5 Å². The topological polar surface area (TPSA) is 72.7 Å². The van der Waals surface area contributed by atoms with E-state index in [1.807, 2.05) is 0 Å². The lowest BCUT2D eigenvalue weighted by Crippen LogP contribution is -2.32. The number of aromatic nitrogens is 4. The Hall–Kier alpha value is -2.02. The number of allylic oxidation sites excluding steroid dienone is 2. The average molecular weight is 355 g/mol. The average Bonchev–Trinajstić information content (AvgIpc) is 3.42. The fourth-order valence-corrected chi connectivity index (χ4v) is 5.95. The van der Waals surface area contributed by atoms with Crippen LogP contribution in [0.5, 0.6) is 0 Å². The van der Waals surface area contributed by atoms with Gasteiger partial charge < -0.3 is 5.32 Å². The molecular weight excluding hydrogens is 334 g/mol. The van der Waals surface area contributed by atoms with Gasteiger partial charge in [0.05, 0.1) is 5.56 Å². The highest BCUT2D eigenvalue weighted by molar-refractivity contribution is 7.15. The molecule has 130 valence electrons. The largest absolute Gasteiger partial charge is 0.352 e. The first kappa shape index (κ1) is 15.3. The predicted molar refractivity (Wildman–Crippen MR) is 94.9 cm³/mol. The summed E-state index contributed by atoms with van der Waals surface area (Å²) in [7, 11) is 0. The maximum absolute atomic E-state index is 13.1. The summed E-state index contributed by atoms with van der Waals surface area (Å²) in [5.41, 5.74) is 2.01. The second-order valence-electron chi connectivity index (χ2n) is 7.40. The Morgan fingerprint density at radius 3 is 2.96 bits per heavy atom. The lowest BCUT2D eigenvalue weighted by Gasteiger charge is -2.19. The second kappa shape index (κ2) is 6.05. The minimum Gasteiger partial charge on any atom is -0.352 e. The summed E-state index contributed by atoms with van der Waals surface area (Å²) in [5.74, 6) is 2.01. The van der Waals surface area contributed by atoms with Crippen LogP contribution < -0.4 is 5.32 Å². The molecule has 3 atom stereocenters. The molecule has 2 heterocycles.